The molecule has 1 atom stereocenters. The topological polar surface area (TPSA) is 3.24 Å². The molecule has 1 heterocycles. The quantitative estimate of drug-likeness (QED) is 0.547. The fourth-order valence-electron chi connectivity index (χ4n) is 3.52. The monoisotopic (exact) mass is 345 g/mol. The summed E-state index contributed by atoms with van der Waals surface area (Å²) in [5.74, 6) is 0. The highest BCUT2D eigenvalue weighted by molar-refractivity contribution is 6.30. The summed E-state index contributed by atoms with van der Waals surface area (Å²) >= 11 is 6.07. The normalized spacial score (nSPS) is 16.4. The van der Waals surface area contributed by atoms with E-state index in [4.69, 9.17) is 11.6 Å². The fourth-order valence-corrected chi connectivity index (χ4v) is 3.65. The van der Waals surface area contributed by atoms with Gasteiger partial charge in [-0.15, -0.1) is 0 Å². The zero-order valence-electron chi connectivity index (χ0n) is 14.0. The predicted octanol–water partition coefficient (Wildman–Crippen LogP) is 6.16. The third kappa shape index (κ3) is 3.47. The molecule has 4 rings (SSSR count). The summed E-state index contributed by atoms with van der Waals surface area (Å²) in [6.45, 7) is 0.888. The number of halogens is 1. The van der Waals surface area contributed by atoms with Gasteiger partial charge in [0.15, 0.2) is 0 Å². The molecule has 1 aliphatic rings. The maximum atomic E-state index is 6.07. The van der Waals surface area contributed by atoms with Gasteiger partial charge in [0.05, 0.1) is 6.04 Å². The second-order valence-corrected chi connectivity index (χ2v) is 6.80. The van der Waals surface area contributed by atoms with E-state index in [0.717, 1.165) is 18.0 Å². The van der Waals surface area contributed by atoms with Crippen molar-refractivity contribution in [1.29, 1.82) is 0 Å². The van der Waals surface area contributed by atoms with Crippen molar-refractivity contribution in [3.8, 4) is 0 Å². The number of para-hydroxylation sites is 1. The summed E-state index contributed by atoms with van der Waals surface area (Å²) in [5, 5.41) is 0.787. The van der Waals surface area contributed by atoms with Gasteiger partial charge in [0.2, 0.25) is 0 Å². The van der Waals surface area contributed by atoms with E-state index in [1.165, 1.54) is 22.4 Å². The van der Waals surface area contributed by atoms with Gasteiger partial charge in [-0.3, -0.25) is 0 Å². The van der Waals surface area contributed by atoms with Gasteiger partial charge in [-0.2, -0.15) is 0 Å². The van der Waals surface area contributed by atoms with Gasteiger partial charge in [-0.25, -0.2) is 0 Å². The van der Waals surface area contributed by atoms with Crippen molar-refractivity contribution in [2.24, 2.45) is 0 Å². The van der Waals surface area contributed by atoms with Crippen molar-refractivity contribution in [1.82, 2.24) is 0 Å². The van der Waals surface area contributed by atoms with E-state index in [1.807, 2.05) is 18.2 Å². The zero-order chi connectivity index (χ0) is 17.1. The summed E-state index contributed by atoms with van der Waals surface area (Å²) in [6, 6.07) is 27.8. The first-order valence-electron chi connectivity index (χ1n) is 8.63. The Balaban J connectivity index is 1.61. The van der Waals surface area contributed by atoms with E-state index in [0.29, 0.717) is 6.04 Å². The Morgan fingerprint density at radius 3 is 2.40 bits per heavy atom. The molecule has 0 spiro atoms. The molecule has 0 fully saturated rings. The number of anilines is 1. The molecule has 1 aliphatic heterocycles. The number of fused-ring (bicyclic) bond motifs is 1. The highest BCUT2D eigenvalue weighted by atomic mass is 35.5. The van der Waals surface area contributed by atoms with Gasteiger partial charge >= 0.3 is 0 Å². The van der Waals surface area contributed by atoms with Crippen LogP contribution in [-0.2, 0) is 6.42 Å². The summed E-state index contributed by atoms with van der Waals surface area (Å²) in [5.41, 5.74) is 5.29. The Labute approximate surface area is 154 Å². The second-order valence-electron chi connectivity index (χ2n) is 6.37. The zero-order valence-corrected chi connectivity index (χ0v) is 14.7. The van der Waals surface area contributed by atoms with E-state index in [2.05, 4.69) is 77.7 Å². The third-order valence-electron chi connectivity index (χ3n) is 4.76. The van der Waals surface area contributed by atoms with Crippen LogP contribution in [0.25, 0.3) is 6.08 Å². The Morgan fingerprint density at radius 1 is 0.880 bits per heavy atom. The largest absolute Gasteiger partial charge is 0.360 e. The van der Waals surface area contributed by atoms with Crippen LogP contribution < -0.4 is 4.90 Å². The standard InChI is InChI=1S/C23H20ClN/c24-21-14-12-19(13-15-21)23-17-20-10-4-5-11-22(20)25(23)16-6-9-18-7-2-1-3-8-18/h1-15,23H,16-17H2/b9-6+/t23-/m1/s1. The summed E-state index contributed by atoms with van der Waals surface area (Å²) in [4.78, 5) is 2.48. The first kappa shape index (κ1) is 16.0. The lowest BCUT2D eigenvalue weighted by Gasteiger charge is -2.27. The van der Waals surface area contributed by atoms with Crippen LogP contribution in [0.1, 0.15) is 22.7 Å². The molecule has 0 unspecified atom stereocenters. The first-order chi connectivity index (χ1) is 12.3. The SMILES string of the molecule is Clc1ccc([C@H]2Cc3ccccc3N2C/C=C/c2ccccc2)cc1. The van der Waals surface area contributed by atoms with Crippen LogP contribution >= 0.6 is 11.6 Å². The molecular weight excluding hydrogens is 326 g/mol. The maximum Gasteiger partial charge on any atom is 0.0587 e. The van der Waals surface area contributed by atoms with Crippen LogP contribution in [0.2, 0.25) is 5.02 Å². The van der Waals surface area contributed by atoms with Crippen LogP contribution in [0.4, 0.5) is 5.69 Å². The molecule has 0 amide bonds. The lowest BCUT2D eigenvalue weighted by Crippen LogP contribution is -2.25. The molecule has 25 heavy (non-hydrogen) atoms. The van der Waals surface area contributed by atoms with Crippen molar-refractivity contribution >= 4 is 23.4 Å². The van der Waals surface area contributed by atoms with Crippen LogP contribution in [0.15, 0.2) is 84.9 Å². The Kier molecular flexibility index (Phi) is 4.58. The lowest BCUT2D eigenvalue weighted by molar-refractivity contribution is 0.692. The molecule has 0 saturated heterocycles. The molecule has 0 bridgehead atoms. The van der Waals surface area contributed by atoms with E-state index in [1.54, 1.807) is 0 Å². The van der Waals surface area contributed by atoms with Crippen molar-refractivity contribution in [2.75, 3.05) is 11.4 Å². The minimum atomic E-state index is 0.357. The maximum absolute atomic E-state index is 6.07. The van der Waals surface area contributed by atoms with E-state index < -0.39 is 0 Å². The fraction of sp³-hybridized carbons (Fsp3) is 0.130. The average molecular weight is 346 g/mol. The van der Waals surface area contributed by atoms with Crippen molar-refractivity contribution < 1.29 is 0 Å². The molecule has 0 aromatic heterocycles. The second kappa shape index (κ2) is 7.16. The number of hydrogen-bond donors (Lipinski definition) is 0. The number of nitrogens with zero attached hydrogens (tertiary/aromatic N) is 1. The smallest absolute Gasteiger partial charge is 0.0587 e. The molecule has 3 aromatic rings. The number of rotatable bonds is 4. The third-order valence-corrected chi connectivity index (χ3v) is 5.01. The number of benzene rings is 3. The molecule has 2 heteroatoms. The van der Waals surface area contributed by atoms with Crippen LogP contribution in [-0.4, -0.2) is 6.54 Å². The Bertz CT molecular complexity index is 868. The van der Waals surface area contributed by atoms with Gasteiger partial charge in [0.1, 0.15) is 0 Å². The van der Waals surface area contributed by atoms with Crippen LogP contribution in [0.5, 0.6) is 0 Å². The Morgan fingerprint density at radius 2 is 1.60 bits per heavy atom. The van der Waals surface area contributed by atoms with Gasteiger partial charge in [-0.05, 0) is 41.3 Å². The van der Waals surface area contributed by atoms with Crippen molar-refractivity contribution in [3.63, 3.8) is 0 Å². The number of hydrogen-bond acceptors (Lipinski definition) is 1. The molecule has 0 saturated carbocycles. The lowest BCUT2D eigenvalue weighted by atomic mass is 10.0. The van der Waals surface area contributed by atoms with Gasteiger partial charge in [0, 0.05) is 17.3 Å². The summed E-state index contributed by atoms with van der Waals surface area (Å²) in [7, 11) is 0. The first-order valence-corrected chi connectivity index (χ1v) is 9.01. The molecule has 0 aliphatic carbocycles. The van der Waals surface area contributed by atoms with Crippen molar-refractivity contribution in [3.05, 3.63) is 107 Å². The van der Waals surface area contributed by atoms with E-state index in [-0.39, 0.29) is 0 Å². The van der Waals surface area contributed by atoms with E-state index >= 15 is 0 Å². The highest BCUT2D eigenvalue weighted by Crippen LogP contribution is 2.40. The van der Waals surface area contributed by atoms with Gasteiger partial charge in [-0.1, -0.05) is 84.4 Å². The minimum absolute atomic E-state index is 0.357. The predicted molar refractivity (Wildman–Crippen MR) is 107 cm³/mol. The van der Waals surface area contributed by atoms with Crippen LogP contribution in [0, 0.1) is 0 Å². The Hall–Kier alpha value is -2.51. The molecule has 0 N–H and O–H groups in total. The molecule has 3 aromatic carbocycles. The minimum Gasteiger partial charge on any atom is -0.360 e. The molecule has 124 valence electrons. The van der Waals surface area contributed by atoms with Gasteiger partial charge in [0.25, 0.3) is 0 Å². The molecular formula is C23H20ClN. The summed E-state index contributed by atoms with van der Waals surface area (Å²) in [6.07, 6.45) is 5.48. The van der Waals surface area contributed by atoms with E-state index in [9.17, 15) is 0 Å². The highest BCUT2D eigenvalue weighted by Gasteiger charge is 2.29. The molecule has 1 nitrogen and oxygen atoms in total. The van der Waals surface area contributed by atoms with Crippen molar-refractivity contribution in [2.45, 2.75) is 12.5 Å². The summed E-state index contributed by atoms with van der Waals surface area (Å²) < 4.78 is 0. The van der Waals surface area contributed by atoms with Crippen LogP contribution in [0.3, 0.4) is 0 Å². The van der Waals surface area contributed by atoms with Gasteiger partial charge < -0.3 is 4.90 Å². The molecule has 0 radical (unpaired) electrons. The average Bonchev–Trinajstić information content (AvgIpc) is 3.02.